The normalized spacial score (nSPS) is 18.3. The minimum atomic E-state index is -0.103. The molecule has 4 aromatic carbocycles. The van der Waals surface area contributed by atoms with E-state index in [2.05, 4.69) is 52.3 Å². The fourth-order valence-electron chi connectivity index (χ4n) is 5.31. The van der Waals surface area contributed by atoms with Gasteiger partial charge in [0.05, 0.1) is 18.3 Å². The highest BCUT2D eigenvalue weighted by Crippen LogP contribution is 2.33. The molecule has 0 saturated carbocycles. The van der Waals surface area contributed by atoms with Crippen molar-refractivity contribution >= 4 is 28.1 Å². The largest absolute Gasteiger partial charge is 0.508 e. The number of aromatic hydroxyl groups is 1. The molecule has 186 valence electrons. The molecule has 2 aliphatic heterocycles. The van der Waals surface area contributed by atoms with Gasteiger partial charge in [-0.15, -0.1) is 0 Å². The molecular formula is C31H30N4O2. The maximum absolute atomic E-state index is 13.6. The summed E-state index contributed by atoms with van der Waals surface area (Å²) in [6, 6.07) is 32.2. The van der Waals surface area contributed by atoms with Gasteiger partial charge in [-0.2, -0.15) is 5.10 Å². The second-order valence-corrected chi connectivity index (χ2v) is 9.76. The molecule has 6 heteroatoms. The van der Waals surface area contributed by atoms with Crippen LogP contribution >= 0.6 is 0 Å². The first-order valence-electron chi connectivity index (χ1n) is 12.8. The predicted octanol–water partition coefficient (Wildman–Crippen LogP) is 5.05. The summed E-state index contributed by atoms with van der Waals surface area (Å²) >= 11 is 0. The first kappa shape index (κ1) is 23.3. The van der Waals surface area contributed by atoms with Gasteiger partial charge in [-0.05, 0) is 52.2 Å². The second kappa shape index (κ2) is 10.1. The molecule has 1 N–H and O–H groups in total. The molecule has 0 aliphatic carbocycles. The van der Waals surface area contributed by atoms with Gasteiger partial charge in [-0.1, -0.05) is 66.7 Å². The number of piperazine rings is 1. The number of carbonyl (C=O) groups is 1. The van der Waals surface area contributed by atoms with E-state index in [-0.39, 0.29) is 17.7 Å². The zero-order valence-corrected chi connectivity index (χ0v) is 20.7. The maximum atomic E-state index is 13.6. The molecule has 1 amide bonds. The third-order valence-corrected chi connectivity index (χ3v) is 7.38. The minimum absolute atomic E-state index is 0.0303. The molecule has 1 fully saturated rings. The number of hydrogen-bond donors (Lipinski definition) is 1. The molecular weight excluding hydrogens is 460 g/mol. The van der Waals surface area contributed by atoms with E-state index in [1.54, 1.807) is 17.1 Å². The van der Waals surface area contributed by atoms with Gasteiger partial charge in [0, 0.05) is 38.3 Å². The number of nitrogens with zero attached hydrogens (tertiary/aromatic N) is 4. The third kappa shape index (κ3) is 4.93. The lowest BCUT2D eigenvalue weighted by Gasteiger charge is -2.36. The van der Waals surface area contributed by atoms with Crippen LogP contribution in [0.3, 0.4) is 0 Å². The predicted molar refractivity (Wildman–Crippen MR) is 148 cm³/mol. The standard InChI is InChI=1S/C31H30N4O2/c36-28-14-12-27(13-15-28)34-18-16-33(17-19-34)22-31(37)35-30(24-7-2-1-3-8-24)21-29(32-35)26-11-10-23-6-4-5-9-25(23)20-26/h1-15,20,30,36H,16-19,21-22H2. The van der Waals surface area contributed by atoms with Crippen LogP contribution in [0.5, 0.6) is 5.75 Å². The third-order valence-electron chi connectivity index (χ3n) is 7.38. The van der Waals surface area contributed by atoms with Crippen molar-refractivity contribution in [1.29, 1.82) is 0 Å². The van der Waals surface area contributed by atoms with E-state index in [4.69, 9.17) is 5.10 Å². The topological polar surface area (TPSA) is 59.4 Å². The molecule has 0 aromatic heterocycles. The van der Waals surface area contributed by atoms with Crippen LogP contribution in [-0.4, -0.2) is 59.4 Å². The zero-order valence-electron chi connectivity index (χ0n) is 20.7. The van der Waals surface area contributed by atoms with Gasteiger partial charge in [0.15, 0.2) is 0 Å². The van der Waals surface area contributed by atoms with Crippen LogP contribution in [0.4, 0.5) is 5.69 Å². The van der Waals surface area contributed by atoms with Crippen LogP contribution in [0, 0.1) is 0 Å². The molecule has 0 bridgehead atoms. The van der Waals surface area contributed by atoms with Crippen molar-refractivity contribution in [2.24, 2.45) is 5.10 Å². The number of phenolic OH excluding ortho intramolecular Hbond substituents is 1. The van der Waals surface area contributed by atoms with E-state index < -0.39 is 0 Å². The summed E-state index contributed by atoms with van der Waals surface area (Å²) in [5.74, 6) is 0.304. The van der Waals surface area contributed by atoms with Crippen LogP contribution in [0.2, 0.25) is 0 Å². The highest BCUT2D eigenvalue weighted by atomic mass is 16.3. The van der Waals surface area contributed by atoms with Gasteiger partial charge in [0.1, 0.15) is 5.75 Å². The number of anilines is 1. The zero-order chi connectivity index (χ0) is 25.2. The number of carbonyl (C=O) groups excluding carboxylic acids is 1. The number of hydrazone groups is 1. The summed E-state index contributed by atoms with van der Waals surface area (Å²) in [4.78, 5) is 18.1. The van der Waals surface area contributed by atoms with Crippen molar-refractivity contribution in [2.75, 3.05) is 37.6 Å². The Morgan fingerprint density at radius 2 is 1.51 bits per heavy atom. The molecule has 0 radical (unpaired) electrons. The maximum Gasteiger partial charge on any atom is 0.257 e. The molecule has 6 rings (SSSR count). The lowest BCUT2D eigenvalue weighted by atomic mass is 9.97. The van der Waals surface area contributed by atoms with E-state index >= 15 is 0 Å². The molecule has 6 nitrogen and oxygen atoms in total. The van der Waals surface area contributed by atoms with Crippen molar-refractivity contribution in [1.82, 2.24) is 9.91 Å². The first-order valence-corrected chi connectivity index (χ1v) is 12.8. The lowest BCUT2D eigenvalue weighted by Crippen LogP contribution is -2.49. The summed E-state index contributed by atoms with van der Waals surface area (Å²) in [6.07, 6.45) is 0.697. The molecule has 0 spiro atoms. The summed E-state index contributed by atoms with van der Waals surface area (Å²) in [5.41, 5.74) is 4.21. The summed E-state index contributed by atoms with van der Waals surface area (Å²) < 4.78 is 0. The molecule has 1 unspecified atom stereocenters. The van der Waals surface area contributed by atoms with Crippen LogP contribution < -0.4 is 4.90 Å². The SMILES string of the molecule is O=C(CN1CCN(c2ccc(O)cc2)CC1)N1N=C(c2ccc3ccccc3c2)CC1c1ccccc1. The monoisotopic (exact) mass is 490 g/mol. The van der Waals surface area contributed by atoms with Gasteiger partial charge in [0.2, 0.25) is 0 Å². The molecule has 1 atom stereocenters. The van der Waals surface area contributed by atoms with Gasteiger partial charge >= 0.3 is 0 Å². The fourth-order valence-corrected chi connectivity index (χ4v) is 5.31. The van der Waals surface area contributed by atoms with Gasteiger partial charge in [0.25, 0.3) is 5.91 Å². The number of hydrogen-bond acceptors (Lipinski definition) is 5. The molecule has 1 saturated heterocycles. The van der Waals surface area contributed by atoms with E-state index in [9.17, 15) is 9.90 Å². The van der Waals surface area contributed by atoms with Gasteiger partial charge in [-0.25, -0.2) is 5.01 Å². The molecule has 2 aliphatic rings. The number of fused-ring (bicyclic) bond motifs is 1. The molecule has 2 heterocycles. The first-order chi connectivity index (χ1) is 18.1. The Kier molecular flexibility index (Phi) is 6.33. The Morgan fingerprint density at radius 3 is 2.27 bits per heavy atom. The van der Waals surface area contributed by atoms with Gasteiger partial charge < -0.3 is 10.0 Å². The number of rotatable bonds is 5. The summed E-state index contributed by atoms with van der Waals surface area (Å²) in [5, 5.41) is 18.5. The highest BCUT2D eigenvalue weighted by Gasteiger charge is 2.34. The highest BCUT2D eigenvalue weighted by molar-refractivity contribution is 6.05. The van der Waals surface area contributed by atoms with Crippen molar-refractivity contribution in [3.05, 3.63) is 108 Å². The Labute approximate surface area is 217 Å². The Morgan fingerprint density at radius 1 is 0.811 bits per heavy atom. The van der Waals surface area contributed by atoms with E-state index in [0.29, 0.717) is 13.0 Å². The Bertz CT molecular complexity index is 1430. The van der Waals surface area contributed by atoms with Crippen molar-refractivity contribution in [2.45, 2.75) is 12.5 Å². The average molecular weight is 491 g/mol. The van der Waals surface area contributed by atoms with Gasteiger partial charge in [-0.3, -0.25) is 9.69 Å². The van der Waals surface area contributed by atoms with Crippen LogP contribution in [0.1, 0.15) is 23.6 Å². The van der Waals surface area contributed by atoms with Crippen LogP contribution in [0.15, 0.2) is 102 Å². The Hall–Kier alpha value is -4.16. The van der Waals surface area contributed by atoms with Crippen molar-refractivity contribution in [3.63, 3.8) is 0 Å². The number of benzene rings is 4. The van der Waals surface area contributed by atoms with Crippen LogP contribution in [0.25, 0.3) is 10.8 Å². The van der Waals surface area contributed by atoms with Crippen molar-refractivity contribution < 1.29 is 9.90 Å². The van der Waals surface area contributed by atoms with E-state index in [0.717, 1.165) is 48.7 Å². The fraction of sp³-hybridized carbons (Fsp3) is 0.226. The molecule has 37 heavy (non-hydrogen) atoms. The molecule has 4 aromatic rings. The average Bonchev–Trinajstić information content (AvgIpc) is 3.40. The quantitative estimate of drug-likeness (QED) is 0.426. The summed E-state index contributed by atoms with van der Waals surface area (Å²) in [7, 11) is 0. The van der Waals surface area contributed by atoms with E-state index in [1.807, 2.05) is 42.5 Å². The van der Waals surface area contributed by atoms with E-state index in [1.165, 1.54) is 10.8 Å². The number of phenols is 1. The number of amides is 1. The smallest absolute Gasteiger partial charge is 0.257 e. The Balaban J connectivity index is 1.19. The lowest BCUT2D eigenvalue weighted by molar-refractivity contribution is -0.134. The minimum Gasteiger partial charge on any atom is -0.508 e. The van der Waals surface area contributed by atoms with Crippen LogP contribution in [-0.2, 0) is 4.79 Å². The van der Waals surface area contributed by atoms with Crippen molar-refractivity contribution in [3.8, 4) is 5.75 Å². The summed E-state index contributed by atoms with van der Waals surface area (Å²) in [6.45, 7) is 3.63. The second-order valence-electron chi connectivity index (χ2n) is 9.76.